The maximum absolute atomic E-state index is 12.6. The largest absolute Gasteiger partial charge is 0.355 e. The van der Waals surface area contributed by atoms with Crippen molar-refractivity contribution < 1.29 is 9.59 Å². The third-order valence-electron chi connectivity index (χ3n) is 4.22. The molecular weight excluding hydrogens is 344 g/mol. The Balaban J connectivity index is 0.00000312. The number of aromatic nitrogens is 3. The minimum atomic E-state index is -0.176. The van der Waals surface area contributed by atoms with E-state index in [1.807, 2.05) is 0 Å². The first-order chi connectivity index (χ1) is 11.5. The fourth-order valence-electron chi connectivity index (χ4n) is 2.77. The predicted molar refractivity (Wildman–Crippen MR) is 97.4 cm³/mol. The molecule has 1 aromatic heterocycles. The number of nitrogens with one attached hydrogen (secondary N) is 1. The second-order valence-corrected chi connectivity index (χ2v) is 6.72. The SMILES string of the molecule is CC(C)CCn1cc(C(=O)N2CCCC(C(=O)NCCN)C2)nn1.Cl. The van der Waals surface area contributed by atoms with Crippen LogP contribution in [-0.4, -0.2) is 57.9 Å². The van der Waals surface area contributed by atoms with E-state index in [2.05, 4.69) is 29.5 Å². The highest BCUT2D eigenvalue weighted by atomic mass is 35.5. The van der Waals surface area contributed by atoms with E-state index >= 15 is 0 Å². The van der Waals surface area contributed by atoms with Crippen molar-refractivity contribution in [1.82, 2.24) is 25.2 Å². The number of hydrogen-bond donors (Lipinski definition) is 2. The minimum Gasteiger partial charge on any atom is -0.355 e. The zero-order valence-electron chi connectivity index (χ0n) is 15.0. The Hall–Kier alpha value is -1.67. The summed E-state index contributed by atoms with van der Waals surface area (Å²) < 4.78 is 1.71. The van der Waals surface area contributed by atoms with Gasteiger partial charge in [-0.05, 0) is 25.2 Å². The van der Waals surface area contributed by atoms with Crippen molar-refractivity contribution in [3.05, 3.63) is 11.9 Å². The molecule has 2 rings (SSSR count). The molecule has 0 aliphatic carbocycles. The number of piperidine rings is 1. The number of halogens is 1. The van der Waals surface area contributed by atoms with Gasteiger partial charge in [-0.1, -0.05) is 19.1 Å². The van der Waals surface area contributed by atoms with Gasteiger partial charge in [-0.25, -0.2) is 0 Å². The van der Waals surface area contributed by atoms with Crippen LogP contribution in [0.2, 0.25) is 0 Å². The molecule has 0 bridgehead atoms. The summed E-state index contributed by atoms with van der Waals surface area (Å²) in [5.74, 6) is 0.217. The quantitative estimate of drug-likeness (QED) is 0.731. The molecular formula is C16H29ClN6O2. The highest BCUT2D eigenvalue weighted by Crippen LogP contribution is 2.18. The Morgan fingerprint density at radius 1 is 1.44 bits per heavy atom. The molecule has 1 unspecified atom stereocenters. The molecule has 25 heavy (non-hydrogen) atoms. The molecule has 142 valence electrons. The number of likely N-dealkylation sites (tertiary alicyclic amines) is 1. The first-order valence-corrected chi connectivity index (χ1v) is 8.68. The molecule has 3 N–H and O–H groups in total. The molecule has 8 nitrogen and oxygen atoms in total. The summed E-state index contributed by atoms with van der Waals surface area (Å²) in [6.45, 7) is 7.00. The molecule has 1 aromatic rings. The summed E-state index contributed by atoms with van der Waals surface area (Å²) >= 11 is 0. The van der Waals surface area contributed by atoms with Crippen LogP contribution >= 0.6 is 12.4 Å². The van der Waals surface area contributed by atoms with E-state index in [0.717, 1.165) is 25.8 Å². The molecule has 2 amide bonds. The number of carbonyl (C=O) groups excluding carboxylic acids is 2. The Morgan fingerprint density at radius 3 is 2.88 bits per heavy atom. The molecule has 1 aliphatic rings. The zero-order valence-corrected chi connectivity index (χ0v) is 15.8. The van der Waals surface area contributed by atoms with Crippen molar-refractivity contribution in [2.75, 3.05) is 26.2 Å². The summed E-state index contributed by atoms with van der Waals surface area (Å²) in [6, 6.07) is 0. The van der Waals surface area contributed by atoms with Gasteiger partial charge in [0.25, 0.3) is 5.91 Å². The van der Waals surface area contributed by atoms with Crippen molar-refractivity contribution in [3.63, 3.8) is 0 Å². The minimum absolute atomic E-state index is 0. The fraction of sp³-hybridized carbons (Fsp3) is 0.750. The van der Waals surface area contributed by atoms with E-state index in [0.29, 0.717) is 37.8 Å². The predicted octanol–water partition coefficient (Wildman–Crippen LogP) is 0.673. The van der Waals surface area contributed by atoms with E-state index in [9.17, 15) is 9.59 Å². The topological polar surface area (TPSA) is 106 Å². The van der Waals surface area contributed by atoms with Gasteiger partial charge in [0.2, 0.25) is 5.91 Å². The molecule has 0 spiro atoms. The Bertz CT molecular complexity index is 563. The lowest BCUT2D eigenvalue weighted by molar-refractivity contribution is -0.126. The lowest BCUT2D eigenvalue weighted by Gasteiger charge is -2.31. The fourth-order valence-corrected chi connectivity index (χ4v) is 2.77. The maximum atomic E-state index is 12.6. The lowest BCUT2D eigenvalue weighted by atomic mass is 9.97. The highest BCUT2D eigenvalue weighted by molar-refractivity contribution is 5.92. The number of rotatable bonds is 7. The molecule has 0 radical (unpaired) electrons. The van der Waals surface area contributed by atoms with Crippen LogP contribution in [0.5, 0.6) is 0 Å². The van der Waals surface area contributed by atoms with Crippen LogP contribution < -0.4 is 11.1 Å². The van der Waals surface area contributed by atoms with Crippen LogP contribution in [0.3, 0.4) is 0 Å². The van der Waals surface area contributed by atoms with Gasteiger partial charge >= 0.3 is 0 Å². The van der Waals surface area contributed by atoms with Crippen molar-refractivity contribution in [2.45, 2.75) is 39.7 Å². The van der Waals surface area contributed by atoms with Gasteiger partial charge in [-0.3, -0.25) is 14.3 Å². The standard InChI is InChI=1S/C16H28N6O2.ClH/c1-12(2)5-9-22-11-14(19-20-22)16(24)21-8-3-4-13(10-21)15(23)18-7-6-17;/h11-13H,3-10,17H2,1-2H3,(H,18,23);1H. The summed E-state index contributed by atoms with van der Waals surface area (Å²) in [4.78, 5) is 26.4. The molecule has 1 fully saturated rings. The third kappa shape index (κ3) is 6.28. The van der Waals surface area contributed by atoms with Gasteiger partial charge in [0.15, 0.2) is 5.69 Å². The molecule has 9 heteroatoms. The van der Waals surface area contributed by atoms with E-state index in [-0.39, 0.29) is 30.1 Å². The number of nitrogens with two attached hydrogens (primary N) is 1. The van der Waals surface area contributed by atoms with Crippen LogP contribution in [0.1, 0.15) is 43.6 Å². The summed E-state index contributed by atoms with van der Waals surface area (Å²) in [7, 11) is 0. The van der Waals surface area contributed by atoms with Gasteiger partial charge in [0.1, 0.15) is 0 Å². The molecule has 1 saturated heterocycles. The summed E-state index contributed by atoms with van der Waals surface area (Å²) in [5.41, 5.74) is 5.76. The monoisotopic (exact) mass is 372 g/mol. The van der Waals surface area contributed by atoms with Crippen LogP contribution in [0, 0.1) is 11.8 Å². The summed E-state index contributed by atoms with van der Waals surface area (Å²) in [5, 5.41) is 10.8. The Labute approximate surface area is 154 Å². The van der Waals surface area contributed by atoms with Crippen LogP contribution in [0.15, 0.2) is 6.20 Å². The number of nitrogens with zero attached hydrogens (tertiary/aromatic N) is 4. The average Bonchev–Trinajstić information content (AvgIpc) is 3.06. The van der Waals surface area contributed by atoms with Crippen molar-refractivity contribution in [3.8, 4) is 0 Å². The van der Waals surface area contributed by atoms with E-state index in [4.69, 9.17) is 5.73 Å². The number of carbonyl (C=O) groups is 2. The van der Waals surface area contributed by atoms with Crippen molar-refractivity contribution >= 4 is 24.2 Å². The molecule has 1 atom stereocenters. The van der Waals surface area contributed by atoms with Crippen LogP contribution in [-0.2, 0) is 11.3 Å². The second-order valence-electron chi connectivity index (χ2n) is 6.72. The van der Waals surface area contributed by atoms with Gasteiger partial charge < -0.3 is 16.0 Å². The van der Waals surface area contributed by atoms with Gasteiger partial charge in [0.05, 0.1) is 12.1 Å². The Morgan fingerprint density at radius 2 is 2.20 bits per heavy atom. The highest BCUT2D eigenvalue weighted by Gasteiger charge is 2.29. The second kappa shape index (κ2) is 10.4. The van der Waals surface area contributed by atoms with Crippen molar-refractivity contribution in [1.29, 1.82) is 0 Å². The number of aryl methyl sites for hydroxylation is 1. The van der Waals surface area contributed by atoms with E-state index < -0.39 is 0 Å². The Kier molecular flexibility index (Phi) is 8.85. The number of amides is 2. The van der Waals surface area contributed by atoms with Crippen LogP contribution in [0.4, 0.5) is 0 Å². The van der Waals surface area contributed by atoms with E-state index in [1.54, 1.807) is 15.8 Å². The van der Waals surface area contributed by atoms with Crippen LogP contribution in [0.25, 0.3) is 0 Å². The first kappa shape index (κ1) is 21.4. The number of hydrogen-bond acceptors (Lipinski definition) is 5. The lowest BCUT2D eigenvalue weighted by Crippen LogP contribution is -2.46. The van der Waals surface area contributed by atoms with Crippen molar-refractivity contribution in [2.24, 2.45) is 17.6 Å². The maximum Gasteiger partial charge on any atom is 0.276 e. The molecule has 2 heterocycles. The molecule has 0 saturated carbocycles. The van der Waals surface area contributed by atoms with E-state index in [1.165, 1.54) is 0 Å². The van der Waals surface area contributed by atoms with Gasteiger partial charge in [-0.2, -0.15) is 0 Å². The third-order valence-corrected chi connectivity index (χ3v) is 4.22. The average molecular weight is 373 g/mol. The normalized spacial score (nSPS) is 17.3. The first-order valence-electron chi connectivity index (χ1n) is 8.68. The van der Waals surface area contributed by atoms with Gasteiger partial charge in [-0.15, -0.1) is 17.5 Å². The molecule has 0 aromatic carbocycles. The summed E-state index contributed by atoms with van der Waals surface area (Å²) in [6.07, 6.45) is 4.29. The van der Waals surface area contributed by atoms with Gasteiger partial charge in [0, 0.05) is 32.7 Å². The molecule has 1 aliphatic heterocycles. The zero-order chi connectivity index (χ0) is 17.5. The smallest absolute Gasteiger partial charge is 0.276 e.